The minimum absolute atomic E-state index is 0.144. The van der Waals surface area contributed by atoms with Gasteiger partial charge in [0, 0.05) is 23.7 Å². The first kappa shape index (κ1) is 15.1. The van der Waals surface area contributed by atoms with Crippen LogP contribution in [0.2, 0.25) is 0 Å². The van der Waals surface area contributed by atoms with E-state index in [1.807, 2.05) is 24.3 Å². The number of aryl methyl sites for hydroxylation is 1. The third kappa shape index (κ3) is 2.26. The summed E-state index contributed by atoms with van der Waals surface area (Å²) in [6.07, 6.45) is 0. The highest BCUT2D eigenvalue weighted by atomic mass is 32.2. The number of carbonyl (C=O) groups excluding carboxylic acids is 1. The topological polar surface area (TPSA) is 55.5 Å². The Labute approximate surface area is 142 Å². The Balaban J connectivity index is 1.86. The van der Waals surface area contributed by atoms with Gasteiger partial charge >= 0.3 is 5.76 Å². The fourth-order valence-corrected chi connectivity index (χ4v) is 4.16. The van der Waals surface area contributed by atoms with E-state index in [4.69, 9.17) is 4.42 Å². The molecule has 24 heavy (non-hydrogen) atoms. The third-order valence-electron chi connectivity index (χ3n) is 4.22. The molecule has 1 aliphatic rings. The Hall–Kier alpha value is -2.47. The Morgan fingerprint density at radius 1 is 1.21 bits per heavy atom. The first-order valence-electron chi connectivity index (χ1n) is 7.72. The molecule has 0 bridgehead atoms. The molecular formula is C18H16N2O3S. The van der Waals surface area contributed by atoms with E-state index in [9.17, 15) is 9.59 Å². The van der Waals surface area contributed by atoms with Crippen molar-refractivity contribution in [3.8, 4) is 0 Å². The zero-order valence-electron chi connectivity index (χ0n) is 13.4. The number of anilines is 1. The molecule has 1 amide bonds. The van der Waals surface area contributed by atoms with Crippen molar-refractivity contribution in [2.45, 2.75) is 17.1 Å². The quantitative estimate of drug-likeness (QED) is 0.682. The highest BCUT2D eigenvalue weighted by Crippen LogP contribution is 2.39. The highest BCUT2D eigenvalue weighted by Gasteiger charge is 2.29. The van der Waals surface area contributed by atoms with Crippen LogP contribution in [-0.4, -0.2) is 22.3 Å². The van der Waals surface area contributed by atoms with E-state index < -0.39 is 5.76 Å². The standard InChI is InChI=1S/C18H16N2O3S/c1-11-10-20(13-7-3-4-9-15(13)24-11)17(21)12-6-5-8-14-16(12)23-18(22)19(14)2/h3-9,11H,10H2,1-2H3. The number of aromatic nitrogens is 1. The first-order chi connectivity index (χ1) is 11.6. The second kappa shape index (κ2) is 5.56. The second-order valence-electron chi connectivity index (χ2n) is 5.89. The van der Waals surface area contributed by atoms with Gasteiger partial charge in [0.1, 0.15) is 0 Å². The minimum Gasteiger partial charge on any atom is -0.407 e. The van der Waals surface area contributed by atoms with Gasteiger partial charge in [0.05, 0.1) is 16.8 Å². The number of thioether (sulfide) groups is 1. The van der Waals surface area contributed by atoms with Crippen molar-refractivity contribution in [3.05, 3.63) is 58.6 Å². The molecule has 0 N–H and O–H groups in total. The number of oxazole rings is 1. The predicted molar refractivity (Wildman–Crippen MR) is 94.9 cm³/mol. The van der Waals surface area contributed by atoms with Gasteiger partial charge in [0.25, 0.3) is 5.91 Å². The lowest BCUT2D eigenvalue weighted by molar-refractivity contribution is 0.0987. The van der Waals surface area contributed by atoms with Crippen LogP contribution >= 0.6 is 11.8 Å². The number of hydrogen-bond donors (Lipinski definition) is 0. The van der Waals surface area contributed by atoms with E-state index in [-0.39, 0.29) is 5.91 Å². The SMILES string of the molecule is CC1CN(C(=O)c2cccc3c2oc(=O)n3C)c2ccccc2S1. The number of fused-ring (bicyclic) bond motifs is 2. The van der Waals surface area contributed by atoms with E-state index in [0.717, 1.165) is 10.6 Å². The largest absolute Gasteiger partial charge is 0.419 e. The molecule has 2 heterocycles. The van der Waals surface area contributed by atoms with Crippen molar-refractivity contribution < 1.29 is 9.21 Å². The molecule has 0 saturated carbocycles. The van der Waals surface area contributed by atoms with Gasteiger partial charge in [-0.05, 0) is 24.3 Å². The molecule has 2 aromatic carbocycles. The summed E-state index contributed by atoms with van der Waals surface area (Å²) in [7, 11) is 1.64. The summed E-state index contributed by atoms with van der Waals surface area (Å²) in [6.45, 7) is 2.72. The number of rotatable bonds is 1. The van der Waals surface area contributed by atoms with Crippen LogP contribution in [0.15, 0.2) is 56.6 Å². The lowest BCUT2D eigenvalue weighted by Crippen LogP contribution is -2.38. The fraction of sp³-hybridized carbons (Fsp3) is 0.222. The Morgan fingerprint density at radius 2 is 2.00 bits per heavy atom. The molecule has 122 valence electrons. The summed E-state index contributed by atoms with van der Waals surface area (Å²) in [6, 6.07) is 13.1. The van der Waals surface area contributed by atoms with E-state index in [1.54, 1.807) is 41.9 Å². The molecule has 1 atom stereocenters. The average Bonchev–Trinajstić information content (AvgIpc) is 2.88. The van der Waals surface area contributed by atoms with Gasteiger partial charge in [-0.25, -0.2) is 4.79 Å². The molecule has 6 heteroatoms. The predicted octanol–water partition coefficient (Wildman–Crippen LogP) is 3.27. The van der Waals surface area contributed by atoms with Crippen LogP contribution in [0.3, 0.4) is 0 Å². The minimum atomic E-state index is -0.465. The Bertz CT molecular complexity index is 1000. The molecule has 4 rings (SSSR count). The molecule has 0 aliphatic carbocycles. The average molecular weight is 340 g/mol. The van der Waals surface area contributed by atoms with Gasteiger partial charge in [0.15, 0.2) is 5.58 Å². The first-order valence-corrected chi connectivity index (χ1v) is 8.60. The Morgan fingerprint density at radius 3 is 2.83 bits per heavy atom. The normalized spacial score (nSPS) is 17.1. The number of amides is 1. The van der Waals surface area contributed by atoms with Gasteiger partial charge in [0.2, 0.25) is 0 Å². The van der Waals surface area contributed by atoms with Crippen molar-refractivity contribution in [2.75, 3.05) is 11.4 Å². The molecule has 0 spiro atoms. The maximum absolute atomic E-state index is 13.2. The van der Waals surface area contributed by atoms with Crippen molar-refractivity contribution in [1.82, 2.24) is 4.57 Å². The summed E-state index contributed by atoms with van der Waals surface area (Å²) in [5, 5.41) is 0.297. The van der Waals surface area contributed by atoms with E-state index in [2.05, 4.69) is 6.92 Å². The molecular weight excluding hydrogens is 324 g/mol. The molecule has 0 saturated heterocycles. The van der Waals surface area contributed by atoms with E-state index >= 15 is 0 Å². The number of benzene rings is 2. The zero-order chi connectivity index (χ0) is 16.8. The molecule has 0 fully saturated rings. The van der Waals surface area contributed by atoms with Crippen LogP contribution in [-0.2, 0) is 7.05 Å². The van der Waals surface area contributed by atoms with Gasteiger partial charge in [-0.3, -0.25) is 9.36 Å². The smallest absolute Gasteiger partial charge is 0.407 e. The molecule has 3 aromatic rings. The van der Waals surface area contributed by atoms with Gasteiger partial charge in [-0.15, -0.1) is 11.8 Å². The van der Waals surface area contributed by atoms with Crippen LogP contribution in [0.4, 0.5) is 5.69 Å². The highest BCUT2D eigenvalue weighted by molar-refractivity contribution is 8.00. The third-order valence-corrected chi connectivity index (χ3v) is 5.37. The Kier molecular flexibility index (Phi) is 3.49. The van der Waals surface area contributed by atoms with Crippen LogP contribution in [0.5, 0.6) is 0 Å². The van der Waals surface area contributed by atoms with Gasteiger partial charge in [-0.2, -0.15) is 0 Å². The lowest BCUT2D eigenvalue weighted by atomic mass is 10.1. The summed E-state index contributed by atoms with van der Waals surface area (Å²) in [5.74, 6) is -0.609. The van der Waals surface area contributed by atoms with Crippen molar-refractivity contribution >= 4 is 34.5 Å². The van der Waals surface area contributed by atoms with Crippen LogP contribution in [0.1, 0.15) is 17.3 Å². The number of nitrogens with zero attached hydrogens (tertiary/aromatic N) is 2. The van der Waals surface area contributed by atoms with Crippen LogP contribution in [0.25, 0.3) is 11.1 Å². The monoisotopic (exact) mass is 340 g/mol. The molecule has 1 aliphatic heterocycles. The maximum Gasteiger partial charge on any atom is 0.419 e. The zero-order valence-corrected chi connectivity index (χ0v) is 14.2. The van der Waals surface area contributed by atoms with E-state index in [1.165, 1.54) is 4.57 Å². The van der Waals surface area contributed by atoms with Crippen LogP contribution in [0, 0.1) is 0 Å². The maximum atomic E-state index is 13.2. The second-order valence-corrected chi connectivity index (χ2v) is 7.37. The summed E-state index contributed by atoms with van der Waals surface area (Å²) in [4.78, 5) is 27.9. The fourth-order valence-electron chi connectivity index (χ4n) is 3.05. The van der Waals surface area contributed by atoms with Crippen molar-refractivity contribution in [3.63, 3.8) is 0 Å². The summed E-state index contributed by atoms with van der Waals surface area (Å²) >= 11 is 1.77. The summed E-state index contributed by atoms with van der Waals surface area (Å²) < 4.78 is 6.72. The van der Waals surface area contributed by atoms with Crippen LogP contribution < -0.4 is 10.7 Å². The van der Waals surface area contributed by atoms with Crippen molar-refractivity contribution in [2.24, 2.45) is 7.05 Å². The van der Waals surface area contributed by atoms with Gasteiger partial charge < -0.3 is 9.32 Å². The number of para-hydroxylation sites is 2. The number of hydrogen-bond acceptors (Lipinski definition) is 4. The summed E-state index contributed by atoms with van der Waals surface area (Å²) in [5.41, 5.74) is 2.29. The molecule has 5 nitrogen and oxygen atoms in total. The van der Waals surface area contributed by atoms with Crippen molar-refractivity contribution in [1.29, 1.82) is 0 Å². The van der Waals surface area contributed by atoms with E-state index in [0.29, 0.717) is 28.5 Å². The molecule has 1 aromatic heterocycles. The number of carbonyl (C=O) groups is 1. The van der Waals surface area contributed by atoms with Gasteiger partial charge in [-0.1, -0.05) is 25.1 Å². The lowest BCUT2D eigenvalue weighted by Gasteiger charge is -2.32. The molecule has 0 radical (unpaired) electrons. The molecule has 1 unspecified atom stereocenters.